The summed E-state index contributed by atoms with van der Waals surface area (Å²) in [5.41, 5.74) is 3.46. The van der Waals surface area contributed by atoms with Gasteiger partial charge in [-0.1, -0.05) is 40.2 Å². The van der Waals surface area contributed by atoms with Crippen molar-refractivity contribution in [3.8, 4) is 5.75 Å². The van der Waals surface area contributed by atoms with Crippen LogP contribution in [0.1, 0.15) is 22.1 Å². The zero-order valence-electron chi connectivity index (χ0n) is 11.0. The van der Waals surface area contributed by atoms with Crippen molar-refractivity contribution in [3.63, 3.8) is 0 Å². The predicted octanol–water partition coefficient (Wildman–Crippen LogP) is 5.29. The van der Waals surface area contributed by atoms with Gasteiger partial charge in [-0.2, -0.15) is 0 Å². The third-order valence-electron chi connectivity index (χ3n) is 3.02. The van der Waals surface area contributed by atoms with Crippen molar-refractivity contribution in [1.29, 1.82) is 0 Å². The highest BCUT2D eigenvalue weighted by Gasteiger charge is 2.12. The smallest absolute Gasteiger partial charge is 0.122 e. The molecule has 0 saturated carbocycles. The number of ether oxygens (including phenoxy) is 1. The first-order valence-electron chi connectivity index (χ1n) is 6.13. The summed E-state index contributed by atoms with van der Waals surface area (Å²) < 4.78 is 6.42. The molecule has 0 saturated heterocycles. The lowest BCUT2D eigenvalue weighted by molar-refractivity contribution is 0.409. The van der Waals surface area contributed by atoms with Crippen molar-refractivity contribution in [3.05, 3.63) is 63.6 Å². The second kappa shape index (κ2) is 6.44. The number of halogens is 2. The van der Waals surface area contributed by atoms with Gasteiger partial charge in [0.05, 0.1) is 12.5 Å². The first-order chi connectivity index (χ1) is 9.10. The summed E-state index contributed by atoms with van der Waals surface area (Å²) in [7, 11) is 1.69. The minimum Gasteiger partial charge on any atom is -0.496 e. The molecule has 19 heavy (non-hydrogen) atoms. The lowest BCUT2D eigenvalue weighted by Crippen LogP contribution is -1.99. The van der Waals surface area contributed by atoms with Crippen LogP contribution in [-0.4, -0.2) is 7.11 Å². The number of alkyl halides is 1. The van der Waals surface area contributed by atoms with Gasteiger partial charge in [0.1, 0.15) is 5.75 Å². The molecule has 0 radical (unpaired) electrons. The average Bonchev–Trinajstić information content (AvgIpc) is 2.38. The lowest BCUT2D eigenvalue weighted by Gasteiger charge is -2.14. The Bertz CT molecular complexity index is 548. The van der Waals surface area contributed by atoms with Crippen LogP contribution in [0.3, 0.4) is 0 Å². The topological polar surface area (TPSA) is 9.23 Å². The molecule has 0 fully saturated rings. The van der Waals surface area contributed by atoms with Crippen LogP contribution in [0, 0.1) is 6.92 Å². The lowest BCUT2D eigenvalue weighted by atomic mass is 10.0. The van der Waals surface area contributed by atoms with Crippen LogP contribution < -0.4 is 4.74 Å². The van der Waals surface area contributed by atoms with E-state index >= 15 is 0 Å². The Morgan fingerprint density at radius 1 is 1.21 bits per heavy atom. The first-order valence-corrected chi connectivity index (χ1v) is 7.36. The number of rotatable bonds is 4. The quantitative estimate of drug-likeness (QED) is 0.688. The second-order valence-electron chi connectivity index (χ2n) is 4.55. The van der Waals surface area contributed by atoms with Gasteiger partial charge in [0.25, 0.3) is 0 Å². The van der Waals surface area contributed by atoms with Gasteiger partial charge in [-0.3, -0.25) is 0 Å². The summed E-state index contributed by atoms with van der Waals surface area (Å²) in [5.74, 6) is 0.889. The van der Waals surface area contributed by atoms with Crippen molar-refractivity contribution in [1.82, 2.24) is 0 Å². The standard InChI is InChI=1S/C16H16BrClO/c1-11-7-13(9-14(17)8-11)15(18)10-12-5-3-4-6-16(12)19-2/h3-9,15H,10H2,1-2H3. The third-order valence-corrected chi connectivity index (χ3v) is 3.88. The van der Waals surface area contributed by atoms with E-state index in [4.69, 9.17) is 16.3 Å². The summed E-state index contributed by atoms with van der Waals surface area (Å²) in [6.45, 7) is 2.07. The minimum atomic E-state index is -0.0625. The van der Waals surface area contributed by atoms with E-state index in [2.05, 4.69) is 47.1 Å². The van der Waals surface area contributed by atoms with Crippen LogP contribution in [0.25, 0.3) is 0 Å². The summed E-state index contributed by atoms with van der Waals surface area (Å²) >= 11 is 10.0. The second-order valence-corrected chi connectivity index (χ2v) is 5.99. The SMILES string of the molecule is COc1ccccc1CC(Cl)c1cc(C)cc(Br)c1. The van der Waals surface area contributed by atoms with Crippen molar-refractivity contribution >= 4 is 27.5 Å². The Morgan fingerprint density at radius 2 is 1.95 bits per heavy atom. The summed E-state index contributed by atoms with van der Waals surface area (Å²) in [5, 5.41) is -0.0625. The molecular formula is C16H16BrClO. The molecule has 0 heterocycles. The molecule has 0 spiro atoms. The van der Waals surface area contributed by atoms with E-state index in [1.165, 1.54) is 5.56 Å². The van der Waals surface area contributed by atoms with Gasteiger partial charge in [0.2, 0.25) is 0 Å². The molecule has 0 aromatic heterocycles. The van der Waals surface area contributed by atoms with E-state index in [9.17, 15) is 0 Å². The van der Waals surface area contributed by atoms with Crippen LogP contribution in [0.5, 0.6) is 5.75 Å². The van der Waals surface area contributed by atoms with Crippen molar-refractivity contribution in [2.75, 3.05) is 7.11 Å². The molecule has 100 valence electrons. The molecule has 0 amide bonds. The summed E-state index contributed by atoms with van der Waals surface area (Å²) in [6.07, 6.45) is 0.751. The van der Waals surface area contributed by atoms with E-state index < -0.39 is 0 Å². The van der Waals surface area contributed by atoms with Crippen LogP contribution in [0.4, 0.5) is 0 Å². The zero-order valence-corrected chi connectivity index (χ0v) is 13.3. The van der Waals surface area contributed by atoms with Crippen molar-refractivity contribution in [2.45, 2.75) is 18.7 Å². The number of benzene rings is 2. The number of aryl methyl sites for hydroxylation is 1. The number of para-hydroxylation sites is 1. The minimum absolute atomic E-state index is 0.0625. The van der Waals surface area contributed by atoms with Crippen molar-refractivity contribution in [2.24, 2.45) is 0 Å². The maximum absolute atomic E-state index is 6.54. The Hall–Kier alpha value is -0.990. The van der Waals surface area contributed by atoms with Crippen LogP contribution >= 0.6 is 27.5 Å². The molecule has 0 N–H and O–H groups in total. The van der Waals surface area contributed by atoms with E-state index in [-0.39, 0.29) is 5.38 Å². The zero-order chi connectivity index (χ0) is 13.8. The van der Waals surface area contributed by atoms with Gasteiger partial charge in [-0.05, 0) is 48.2 Å². The molecule has 1 unspecified atom stereocenters. The summed E-state index contributed by atoms with van der Waals surface area (Å²) in [4.78, 5) is 0. The molecule has 2 aromatic rings. The summed E-state index contributed by atoms with van der Waals surface area (Å²) in [6, 6.07) is 14.3. The van der Waals surface area contributed by atoms with Crippen LogP contribution in [0.2, 0.25) is 0 Å². The average molecular weight is 340 g/mol. The molecule has 0 aliphatic carbocycles. The maximum Gasteiger partial charge on any atom is 0.122 e. The Balaban J connectivity index is 2.22. The van der Waals surface area contributed by atoms with Gasteiger partial charge < -0.3 is 4.74 Å². The Kier molecular flexibility index (Phi) is 4.89. The van der Waals surface area contributed by atoms with Gasteiger partial charge in [0, 0.05) is 4.47 Å². The highest BCUT2D eigenvalue weighted by molar-refractivity contribution is 9.10. The number of hydrogen-bond acceptors (Lipinski definition) is 1. The van der Waals surface area contributed by atoms with Crippen molar-refractivity contribution < 1.29 is 4.74 Å². The molecule has 1 nitrogen and oxygen atoms in total. The molecule has 1 atom stereocenters. The first kappa shape index (κ1) is 14.4. The third kappa shape index (κ3) is 3.74. The molecular weight excluding hydrogens is 324 g/mol. The normalized spacial score (nSPS) is 12.2. The fourth-order valence-electron chi connectivity index (χ4n) is 2.13. The molecule has 3 heteroatoms. The number of methoxy groups -OCH3 is 1. The van der Waals surface area contributed by atoms with E-state index in [0.717, 1.165) is 27.8 Å². The van der Waals surface area contributed by atoms with Crippen LogP contribution in [0.15, 0.2) is 46.9 Å². The van der Waals surface area contributed by atoms with Gasteiger partial charge in [-0.15, -0.1) is 11.6 Å². The highest BCUT2D eigenvalue weighted by atomic mass is 79.9. The predicted molar refractivity (Wildman–Crippen MR) is 84.2 cm³/mol. The Morgan fingerprint density at radius 3 is 2.63 bits per heavy atom. The Labute approximate surface area is 127 Å². The number of hydrogen-bond donors (Lipinski definition) is 0. The molecule has 2 aromatic carbocycles. The fourth-order valence-corrected chi connectivity index (χ4v) is 3.05. The highest BCUT2D eigenvalue weighted by Crippen LogP contribution is 2.31. The largest absolute Gasteiger partial charge is 0.496 e. The molecule has 2 rings (SSSR count). The van der Waals surface area contributed by atoms with Gasteiger partial charge in [0.15, 0.2) is 0 Å². The molecule has 0 aliphatic heterocycles. The van der Waals surface area contributed by atoms with Gasteiger partial charge >= 0.3 is 0 Å². The monoisotopic (exact) mass is 338 g/mol. The van der Waals surface area contributed by atoms with Gasteiger partial charge in [-0.25, -0.2) is 0 Å². The van der Waals surface area contributed by atoms with E-state index in [1.54, 1.807) is 7.11 Å². The van der Waals surface area contributed by atoms with Crippen LogP contribution in [-0.2, 0) is 6.42 Å². The fraction of sp³-hybridized carbons (Fsp3) is 0.250. The molecule has 0 bridgehead atoms. The van der Waals surface area contributed by atoms with E-state index in [0.29, 0.717) is 0 Å². The maximum atomic E-state index is 6.54. The van der Waals surface area contributed by atoms with E-state index in [1.807, 2.05) is 18.2 Å². The molecule has 0 aliphatic rings.